The number of piperidine rings is 1. The lowest BCUT2D eigenvalue weighted by molar-refractivity contribution is 0.363. The number of hydrogen-bond donors (Lipinski definition) is 1. The quantitative estimate of drug-likeness (QED) is 0.836. The first kappa shape index (κ1) is 18.0. The lowest BCUT2D eigenvalue weighted by Gasteiger charge is -2.37. The van der Waals surface area contributed by atoms with Gasteiger partial charge in [0.1, 0.15) is 5.82 Å². The smallest absolute Gasteiger partial charge is 0.130 e. The highest BCUT2D eigenvalue weighted by Gasteiger charge is 2.27. The van der Waals surface area contributed by atoms with E-state index in [9.17, 15) is 5.26 Å². The van der Waals surface area contributed by atoms with Crippen LogP contribution in [0.1, 0.15) is 31.0 Å². The molecule has 0 atom stereocenters. The number of rotatable bonds is 2. The van der Waals surface area contributed by atoms with Crippen LogP contribution < -0.4 is 10.6 Å². The first-order valence-corrected chi connectivity index (χ1v) is 8.98. The molecule has 2 N–H and O–H groups in total. The predicted molar refractivity (Wildman–Crippen MR) is 103 cm³/mol. The molecule has 0 unspecified atom stereocenters. The molecule has 1 aliphatic rings. The van der Waals surface area contributed by atoms with Crippen LogP contribution in [0.2, 0.25) is 10.0 Å². The van der Waals surface area contributed by atoms with E-state index in [-0.39, 0.29) is 5.54 Å². The molecule has 25 heavy (non-hydrogen) atoms. The second-order valence-electron chi connectivity index (χ2n) is 6.84. The van der Waals surface area contributed by atoms with Gasteiger partial charge in [0, 0.05) is 35.4 Å². The largest absolute Gasteiger partial charge is 0.356 e. The monoisotopic (exact) mass is 374 g/mol. The number of benzene rings is 1. The summed E-state index contributed by atoms with van der Waals surface area (Å²) < 4.78 is 0. The van der Waals surface area contributed by atoms with Crippen molar-refractivity contribution in [2.75, 3.05) is 18.0 Å². The highest BCUT2D eigenvalue weighted by Crippen LogP contribution is 2.37. The summed E-state index contributed by atoms with van der Waals surface area (Å²) >= 11 is 12.5. The van der Waals surface area contributed by atoms with E-state index in [1.165, 1.54) is 0 Å². The summed E-state index contributed by atoms with van der Waals surface area (Å²) in [5, 5.41) is 10.6. The molecule has 1 fully saturated rings. The van der Waals surface area contributed by atoms with Gasteiger partial charge in [-0.15, -0.1) is 0 Å². The van der Waals surface area contributed by atoms with Crippen molar-refractivity contribution in [1.29, 1.82) is 5.26 Å². The lowest BCUT2D eigenvalue weighted by atomic mass is 9.91. The Morgan fingerprint density at radius 3 is 2.60 bits per heavy atom. The summed E-state index contributed by atoms with van der Waals surface area (Å²) in [7, 11) is 0. The molecule has 2 aromatic rings. The van der Waals surface area contributed by atoms with Crippen LogP contribution in [0, 0.1) is 18.3 Å². The number of hydrogen-bond acceptors (Lipinski definition) is 4. The second-order valence-corrected chi connectivity index (χ2v) is 7.63. The van der Waals surface area contributed by atoms with E-state index in [1.54, 1.807) is 6.07 Å². The predicted octanol–water partition coefficient (Wildman–Crippen LogP) is 4.55. The minimum Gasteiger partial charge on any atom is -0.356 e. The number of halogens is 2. The van der Waals surface area contributed by atoms with E-state index in [1.807, 2.05) is 25.1 Å². The molecule has 1 aromatic heterocycles. The van der Waals surface area contributed by atoms with Gasteiger partial charge in [0.25, 0.3) is 0 Å². The molecule has 0 aliphatic carbocycles. The van der Waals surface area contributed by atoms with Crippen LogP contribution in [-0.2, 0) is 0 Å². The first-order valence-electron chi connectivity index (χ1n) is 8.22. The maximum Gasteiger partial charge on any atom is 0.130 e. The highest BCUT2D eigenvalue weighted by atomic mass is 35.5. The number of aromatic nitrogens is 1. The van der Waals surface area contributed by atoms with Crippen molar-refractivity contribution in [2.24, 2.45) is 5.73 Å². The van der Waals surface area contributed by atoms with Crippen LogP contribution >= 0.6 is 23.2 Å². The third-order valence-electron chi connectivity index (χ3n) is 4.76. The van der Waals surface area contributed by atoms with Gasteiger partial charge in [-0.25, -0.2) is 4.98 Å². The fourth-order valence-electron chi connectivity index (χ4n) is 3.19. The van der Waals surface area contributed by atoms with Gasteiger partial charge < -0.3 is 10.6 Å². The molecule has 4 nitrogen and oxygen atoms in total. The number of anilines is 1. The number of pyridine rings is 1. The van der Waals surface area contributed by atoms with Crippen molar-refractivity contribution in [1.82, 2.24) is 4.98 Å². The zero-order valence-electron chi connectivity index (χ0n) is 14.3. The van der Waals surface area contributed by atoms with Crippen LogP contribution in [-0.4, -0.2) is 23.6 Å². The molecule has 1 aliphatic heterocycles. The van der Waals surface area contributed by atoms with Gasteiger partial charge in [0.15, 0.2) is 0 Å². The Kier molecular flexibility index (Phi) is 4.92. The molecule has 130 valence electrons. The number of aryl methyl sites for hydroxylation is 1. The van der Waals surface area contributed by atoms with Gasteiger partial charge in [-0.05, 0) is 38.8 Å². The highest BCUT2D eigenvalue weighted by molar-refractivity contribution is 6.43. The molecular formula is C19H20Cl2N4. The van der Waals surface area contributed by atoms with Gasteiger partial charge in [0.2, 0.25) is 0 Å². The third kappa shape index (κ3) is 3.59. The topological polar surface area (TPSA) is 65.9 Å². The summed E-state index contributed by atoms with van der Waals surface area (Å²) in [4.78, 5) is 6.92. The normalized spacial score (nSPS) is 16.6. The van der Waals surface area contributed by atoms with Gasteiger partial charge >= 0.3 is 0 Å². The number of nitriles is 1. The average Bonchev–Trinajstić information content (AvgIpc) is 2.57. The van der Waals surface area contributed by atoms with Crippen molar-refractivity contribution >= 4 is 29.0 Å². The Morgan fingerprint density at radius 2 is 1.96 bits per heavy atom. The Morgan fingerprint density at radius 1 is 1.28 bits per heavy atom. The van der Waals surface area contributed by atoms with Crippen LogP contribution in [0.5, 0.6) is 0 Å². The summed E-state index contributed by atoms with van der Waals surface area (Å²) in [6.07, 6.45) is 1.80. The van der Waals surface area contributed by atoms with Crippen LogP contribution in [0.3, 0.4) is 0 Å². The van der Waals surface area contributed by atoms with Gasteiger partial charge in [-0.3, -0.25) is 0 Å². The van der Waals surface area contributed by atoms with E-state index in [0.717, 1.165) is 48.6 Å². The molecule has 1 saturated heterocycles. The molecule has 0 amide bonds. The van der Waals surface area contributed by atoms with Gasteiger partial charge in [-0.1, -0.05) is 35.3 Å². The summed E-state index contributed by atoms with van der Waals surface area (Å²) in [5.41, 5.74) is 8.86. The molecule has 6 heteroatoms. The molecule has 0 radical (unpaired) electrons. The maximum absolute atomic E-state index is 9.68. The summed E-state index contributed by atoms with van der Waals surface area (Å²) in [5.74, 6) is 0.812. The van der Waals surface area contributed by atoms with Crippen molar-refractivity contribution < 1.29 is 0 Å². The third-order valence-corrected chi connectivity index (χ3v) is 5.58. The first-order chi connectivity index (χ1) is 11.8. The summed E-state index contributed by atoms with van der Waals surface area (Å²) in [6.45, 7) is 5.64. The molecule has 0 spiro atoms. The maximum atomic E-state index is 9.68. The number of nitrogens with two attached hydrogens (primary N) is 1. The van der Waals surface area contributed by atoms with Crippen molar-refractivity contribution in [3.8, 4) is 17.2 Å². The standard InChI is InChI=1S/C19H20Cl2N4/c1-12-17(14-4-3-5-15(20)18(14)21)13(11-22)10-16(24-12)25-8-6-19(2,23)7-9-25/h3-5,10H,6-9,23H2,1-2H3. The fraction of sp³-hybridized carbons (Fsp3) is 0.368. The van der Waals surface area contributed by atoms with E-state index < -0.39 is 0 Å². The molecular weight excluding hydrogens is 355 g/mol. The van der Waals surface area contributed by atoms with Gasteiger partial charge in [0.05, 0.1) is 21.7 Å². The van der Waals surface area contributed by atoms with E-state index in [2.05, 4.69) is 17.9 Å². The van der Waals surface area contributed by atoms with Crippen LogP contribution in [0.15, 0.2) is 24.3 Å². The van der Waals surface area contributed by atoms with Crippen molar-refractivity contribution in [3.63, 3.8) is 0 Å². The lowest BCUT2D eigenvalue weighted by Crippen LogP contribution is -2.48. The minimum absolute atomic E-state index is 0.127. The Bertz CT molecular complexity index is 845. The van der Waals surface area contributed by atoms with Crippen LogP contribution in [0.4, 0.5) is 5.82 Å². The number of nitrogens with zero attached hydrogens (tertiary/aromatic N) is 3. The zero-order chi connectivity index (χ0) is 18.2. The molecule has 0 bridgehead atoms. The second kappa shape index (κ2) is 6.84. The molecule has 3 rings (SSSR count). The molecule has 2 heterocycles. The van der Waals surface area contributed by atoms with Gasteiger partial charge in [-0.2, -0.15) is 5.26 Å². The molecule has 0 saturated carbocycles. The molecule has 1 aromatic carbocycles. The SMILES string of the molecule is Cc1nc(N2CCC(C)(N)CC2)cc(C#N)c1-c1cccc(Cl)c1Cl. The fourth-order valence-corrected chi connectivity index (χ4v) is 3.58. The van der Waals surface area contributed by atoms with Crippen molar-refractivity contribution in [3.05, 3.63) is 45.6 Å². The Balaban J connectivity index is 2.03. The van der Waals surface area contributed by atoms with Crippen LogP contribution in [0.25, 0.3) is 11.1 Å². The zero-order valence-corrected chi connectivity index (χ0v) is 15.8. The van der Waals surface area contributed by atoms with E-state index >= 15 is 0 Å². The average molecular weight is 375 g/mol. The summed E-state index contributed by atoms with van der Waals surface area (Å²) in [6, 6.07) is 9.53. The van der Waals surface area contributed by atoms with E-state index in [4.69, 9.17) is 33.9 Å². The minimum atomic E-state index is -0.127. The van der Waals surface area contributed by atoms with E-state index in [0.29, 0.717) is 15.6 Å². The Hall–Kier alpha value is -1.80. The Labute approximate surface area is 158 Å². The van der Waals surface area contributed by atoms with Crippen molar-refractivity contribution in [2.45, 2.75) is 32.2 Å².